The van der Waals surface area contributed by atoms with Crippen molar-refractivity contribution in [3.05, 3.63) is 106 Å². The standard InChI is InChI=1S/C30H25F3N2O2S.BrH/c1-36-27-13-10-20(16-28(27)37-2)14-15-35-26(23-12-11-21-6-3-4-7-22(21)17-23)19-38-29(35)34-25-9-5-8-24(18-25)30(31,32)33;/h3-13,16-19H,14-15H2,1-2H3;1H. The molecule has 4 nitrogen and oxygen atoms in total. The van der Waals surface area contributed by atoms with Crippen LogP contribution in [0.3, 0.4) is 0 Å². The summed E-state index contributed by atoms with van der Waals surface area (Å²) < 4.78 is 52.8. The van der Waals surface area contributed by atoms with Gasteiger partial charge in [-0.3, -0.25) is 0 Å². The van der Waals surface area contributed by atoms with Gasteiger partial charge in [-0.2, -0.15) is 13.2 Å². The van der Waals surface area contributed by atoms with Gasteiger partial charge in [-0.1, -0.05) is 48.5 Å². The molecule has 1 aromatic heterocycles. The Morgan fingerprint density at radius 1 is 0.821 bits per heavy atom. The number of nitrogens with zero attached hydrogens (tertiary/aromatic N) is 2. The second-order valence-corrected chi connectivity index (χ2v) is 9.55. The summed E-state index contributed by atoms with van der Waals surface area (Å²) in [6.07, 6.45) is -3.77. The SMILES string of the molecule is Br.COc1ccc(CCn2c(-c3ccc4ccccc4c3)csc2=Nc2cccc(C(F)(F)F)c2)cc1OC. The molecule has 0 saturated heterocycles. The van der Waals surface area contributed by atoms with Crippen molar-refractivity contribution in [3.8, 4) is 22.8 Å². The fraction of sp³-hybridized carbons (Fsp3) is 0.167. The number of aromatic nitrogens is 1. The molecule has 0 amide bonds. The van der Waals surface area contributed by atoms with Crippen molar-refractivity contribution >= 4 is 44.8 Å². The highest BCUT2D eigenvalue weighted by Gasteiger charge is 2.30. The first-order valence-corrected chi connectivity index (χ1v) is 12.8. The Morgan fingerprint density at radius 2 is 1.59 bits per heavy atom. The predicted octanol–water partition coefficient (Wildman–Crippen LogP) is 8.46. The molecule has 0 fully saturated rings. The highest BCUT2D eigenvalue weighted by molar-refractivity contribution is 8.93. The minimum atomic E-state index is -4.43. The third-order valence-electron chi connectivity index (χ3n) is 6.31. The van der Waals surface area contributed by atoms with Crippen molar-refractivity contribution in [3.63, 3.8) is 0 Å². The second-order valence-electron chi connectivity index (χ2n) is 8.72. The van der Waals surface area contributed by atoms with Crippen molar-refractivity contribution in [2.45, 2.75) is 19.1 Å². The van der Waals surface area contributed by atoms with Crippen LogP contribution in [0.5, 0.6) is 11.5 Å². The van der Waals surface area contributed by atoms with Gasteiger partial charge >= 0.3 is 6.18 Å². The minimum absolute atomic E-state index is 0. The molecular formula is C30H26BrF3N2O2S. The molecule has 0 atom stereocenters. The summed E-state index contributed by atoms with van der Waals surface area (Å²) in [5, 5.41) is 4.25. The first kappa shape index (κ1) is 28.4. The Morgan fingerprint density at radius 3 is 2.33 bits per heavy atom. The van der Waals surface area contributed by atoms with Crippen molar-refractivity contribution < 1.29 is 22.6 Å². The van der Waals surface area contributed by atoms with E-state index in [9.17, 15) is 13.2 Å². The van der Waals surface area contributed by atoms with Crippen LogP contribution >= 0.6 is 28.3 Å². The van der Waals surface area contributed by atoms with Crippen LogP contribution < -0.4 is 14.3 Å². The van der Waals surface area contributed by atoms with E-state index < -0.39 is 11.7 Å². The first-order valence-electron chi connectivity index (χ1n) is 12.0. The lowest BCUT2D eigenvalue weighted by atomic mass is 10.1. The quantitative estimate of drug-likeness (QED) is 0.184. The number of benzene rings is 4. The normalized spacial score (nSPS) is 11.9. The predicted molar refractivity (Wildman–Crippen MR) is 155 cm³/mol. The monoisotopic (exact) mass is 614 g/mol. The summed E-state index contributed by atoms with van der Waals surface area (Å²) in [7, 11) is 3.19. The maximum atomic E-state index is 13.3. The van der Waals surface area contributed by atoms with Crippen LogP contribution in [-0.4, -0.2) is 18.8 Å². The Labute approximate surface area is 238 Å². The smallest absolute Gasteiger partial charge is 0.416 e. The summed E-state index contributed by atoms with van der Waals surface area (Å²) in [6.45, 7) is 0.568. The van der Waals surface area contributed by atoms with E-state index in [2.05, 4.69) is 39.9 Å². The Bertz CT molecular complexity index is 1660. The van der Waals surface area contributed by atoms with Gasteiger partial charge in [0.2, 0.25) is 0 Å². The van der Waals surface area contributed by atoms with Crippen molar-refractivity contribution in [1.29, 1.82) is 0 Å². The van der Waals surface area contributed by atoms with Gasteiger partial charge in [0.15, 0.2) is 16.3 Å². The van der Waals surface area contributed by atoms with Gasteiger partial charge in [0.05, 0.1) is 31.2 Å². The highest BCUT2D eigenvalue weighted by Crippen LogP contribution is 2.32. The van der Waals surface area contributed by atoms with E-state index in [1.54, 1.807) is 20.3 Å². The summed E-state index contributed by atoms with van der Waals surface area (Å²) >= 11 is 1.40. The largest absolute Gasteiger partial charge is 0.493 e. The lowest BCUT2D eigenvalue weighted by Crippen LogP contribution is -2.17. The number of ether oxygens (including phenoxy) is 2. The molecule has 0 N–H and O–H groups in total. The number of aryl methyl sites for hydroxylation is 1. The maximum Gasteiger partial charge on any atom is 0.416 e. The van der Waals surface area contributed by atoms with Gasteiger partial charge in [-0.25, -0.2) is 4.99 Å². The van der Waals surface area contributed by atoms with Crippen molar-refractivity contribution in [2.75, 3.05) is 14.2 Å². The van der Waals surface area contributed by atoms with Crippen LogP contribution in [0.1, 0.15) is 11.1 Å². The van der Waals surface area contributed by atoms with Crippen LogP contribution in [-0.2, 0) is 19.1 Å². The number of fused-ring (bicyclic) bond motifs is 1. The van der Waals surface area contributed by atoms with Gasteiger partial charge in [0.1, 0.15) is 0 Å². The summed E-state index contributed by atoms with van der Waals surface area (Å²) in [6, 6.07) is 25.3. The van der Waals surface area contributed by atoms with E-state index in [-0.39, 0.29) is 22.7 Å². The highest BCUT2D eigenvalue weighted by atomic mass is 79.9. The zero-order valence-electron chi connectivity index (χ0n) is 21.2. The molecule has 1 heterocycles. The summed E-state index contributed by atoms with van der Waals surface area (Å²) in [5.74, 6) is 1.29. The Hall–Kier alpha value is -3.56. The lowest BCUT2D eigenvalue weighted by molar-refractivity contribution is -0.137. The fourth-order valence-electron chi connectivity index (χ4n) is 4.35. The van der Waals surface area contributed by atoms with Gasteiger partial charge in [-0.15, -0.1) is 28.3 Å². The molecule has 0 aliphatic carbocycles. The maximum absolute atomic E-state index is 13.3. The minimum Gasteiger partial charge on any atom is -0.493 e. The summed E-state index contributed by atoms with van der Waals surface area (Å²) in [5.41, 5.74) is 2.54. The average molecular weight is 616 g/mol. The van der Waals surface area contributed by atoms with Gasteiger partial charge in [-0.05, 0) is 64.7 Å². The molecule has 0 radical (unpaired) electrons. The molecule has 202 valence electrons. The lowest BCUT2D eigenvalue weighted by Gasteiger charge is -2.12. The molecule has 0 saturated carbocycles. The van der Waals surface area contributed by atoms with Crippen LogP contribution in [0.25, 0.3) is 22.0 Å². The topological polar surface area (TPSA) is 35.8 Å². The number of hydrogen-bond acceptors (Lipinski definition) is 4. The molecule has 0 aliphatic rings. The molecule has 4 aromatic carbocycles. The van der Waals surface area contributed by atoms with E-state index in [4.69, 9.17) is 9.47 Å². The zero-order valence-corrected chi connectivity index (χ0v) is 23.8. The second kappa shape index (κ2) is 12.1. The van der Waals surface area contributed by atoms with Gasteiger partial charge in [0.25, 0.3) is 0 Å². The van der Waals surface area contributed by atoms with E-state index in [0.29, 0.717) is 29.3 Å². The first-order chi connectivity index (χ1) is 18.4. The van der Waals surface area contributed by atoms with Crippen LogP contribution in [0.15, 0.2) is 95.3 Å². The van der Waals surface area contributed by atoms with Crippen molar-refractivity contribution in [1.82, 2.24) is 4.57 Å². The van der Waals surface area contributed by atoms with E-state index >= 15 is 0 Å². The Kier molecular flexibility index (Phi) is 8.82. The molecule has 0 unspecified atom stereocenters. The van der Waals surface area contributed by atoms with Gasteiger partial charge in [0, 0.05) is 11.9 Å². The summed E-state index contributed by atoms with van der Waals surface area (Å²) in [4.78, 5) is 5.25. The van der Waals surface area contributed by atoms with Crippen LogP contribution in [0.2, 0.25) is 0 Å². The molecule has 39 heavy (non-hydrogen) atoms. The fourth-order valence-corrected chi connectivity index (χ4v) is 5.31. The number of hydrogen-bond donors (Lipinski definition) is 0. The molecule has 0 spiro atoms. The third-order valence-corrected chi connectivity index (χ3v) is 7.18. The van der Waals surface area contributed by atoms with Crippen molar-refractivity contribution in [2.24, 2.45) is 4.99 Å². The number of halogens is 4. The molecule has 0 bridgehead atoms. The van der Waals surface area contributed by atoms with E-state index in [1.165, 1.54) is 17.4 Å². The van der Waals surface area contributed by atoms with Crippen LogP contribution in [0, 0.1) is 0 Å². The number of methoxy groups -OCH3 is 2. The Balaban J connectivity index is 0.00000353. The van der Waals surface area contributed by atoms with Gasteiger partial charge < -0.3 is 14.0 Å². The van der Waals surface area contributed by atoms with E-state index in [1.807, 2.05) is 35.7 Å². The molecule has 0 aliphatic heterocycles. The number of thiazole rings is 1. The average Bonchev–Trinajstić information content (AvgIpc) is 3.33. The number of rotatable bonds is 7. The third kappa shape index (κ3) is 6.37. The molecular weight excluding hydrogens is 589 g/mol. The molecule has 9 heteroatoms. The van der Waals surface area contributed by atoms with E-state index in [0.717, 1.165) is 39.7 Å². The number of alkyl halides is 3. The zero-order chi connectivity index (χ0) is 26.7. The molecule has 5 rings (SSSR count). The molecule has 5 aromatic rings. The van der Waals surface area contributed by atoms with Crippen LogP contribution in [0.4, 0.5) is 18.9 Å².